The Morgan fingerprint density at radius 3 is 2.52 bits per heavy atom. The van der Waals surface area contributed by atoms with Crippen molar-refractivity contribution in [3.8, 4) is 0 Å². The third kappa shape index (κ3) is 3.12. The number of fused-ring (bicyclic) bond motifs is 1. The Balaban J connectivity index is 1.79. The molecule has 0 atom stereocenters. The molecule has 1 heterocycles. The number of para-hydroxylation sites is 1. The Labute approximate surface area is 135 Å². The lowest BCUT2D eigenvalue weighted by Gasteiger charge is -2.18. The lowest BCUT2D eigenvalue weighted by Crippen LogP contribution is -2.28. The van der Waals surface area contributed by atoms with Gasteiger partial charge in [0.2, 0.25) is 0 Å². The number of nitrogens with zero attached hydrogens (tertiary/aromatic N) is 2. The fourth-order valence-corrected chi connectivity index (χ4v) is 2.69. The van der Waals surface area contributed by atoms with Gasteiger partial charge in [0.1, 0.15) is 12.3 Å². The number of hydroxylamine groups is 2. The quantitative estimate of drug-likeness (QED) is 0.671. The third-order valence-corrected chi connectivity index (χ3v) is 3.90. The van der Waals surface area contributed by atoms with Crippen LogP contribution in [0.4, 0.5) is 0 Å². The molecule has 118 valence electrons. The molecule has 0 fully saturated rings. The first kappa shape index (κ1) is 15.3. The molecule has 1 amide bonds. The van der Waals surface area contributed by atoms with E-state index in [0.29, 0.717) is 12.3 Å². The molecule has 0 aliphatic heterocycles. The summed E-state index contributed by atoms with van der Waals surface area (Å²) in [6.07, 6.45) is 0. The summed E-state index contributed by atoms with van der Waals surface area (Å²) in [5.74, 6) is -0.140. The van der Waals surface area contributed by atoms with E-state index in [2.05, 4.69) is 0 Å². The molecule has 0 unspecified atom stereocenters. The molecule has 3 aromatic rings. The maximum Gasteiger partial charge on any atom is 0.293 e. The first-order valence-electron chi connectivity index (χ1n) is 7.74. The zero-order valence-corrected chi connectivity index (χ0v) is 13.4. The number of amides is 1. The average Bonchev–Trinajstić information content (AvgIpc) is 2.98. The summed E-state index contributed by atoms with van der Waals surface area (Å²) in [4.78, 5) is 18.3. The smallest absolute Gasteiger partial charge is 0.293 e. The Morgan fingerprint density at radius 2 is 1.78 bits per heavy atom. The zero-order chi connectivity index (χ0) is 16.2. The molecule has 0 bridgehead atoms. The number of hydrogen-bond donors (Lipinski definition) is 0. The van der Waals surface area contributed by atoms with Crippen molar-refractivity contribution in [2.45, 2.75) is 20.1 Å². The second kappa shape index (κ2) is 6.67. The van der Waals surface area contributed by atoms with E-state index >= 15 is 0 Å². The van der Waals surface area contributed by atoms with Gasteiger partial charge >= 0.3 is 0 Å². The topological polar surface area (TPSA) is 34.5 Å². The van der Waals surface area contributed by atoms with Gasteiger partial charge in [-0.05, 0) is 24.6 Å². The van der Waals surface area contributed by atoms with Crippen molar-refractivity contribution < 1.29 is 9.63 Å². The van der Waals surface area contributed by atoms with Crippen LogP contribution in [0.3, 0.4) is 0 Å². The summed E-state index contributed by atoms with van der Waals surface area (Å²) in [6.45, 7) is 3.14. The number of benzene rings is 2. The van der Waals surface area contributed by atoms with Crippen molar-refractivity contribution in [3.63, 3.8) is 0 Å². The number of carbonyl (C=O) groups excluding carboxylic acids is 1. The average molecular weight is 308 g/mol. The third-order valence-electron chi connectivity index (χ3n) is 3.90. The fraction of sp³-hybridized carbons (Fsp3) is 0.211. The van der Waals surface area contributed by atoms with Crippen molar-refractivity contribution in [1.29, 1.82) is 0 Å². The monoisotopic (exact) mass is 308 g/mol. The second-order valence-electron chi connectivity index (χ2n) is 5.39. The summed E-state index contributed by atoms with van der Waals surface area (Å²) in [5.41, 5.74) is 2.74. The van der Waals surface area contributed by atoms with E-state index in [1.807, 2.05) is 72.2 Å². The zero-order valence-electron chi connectivity index (χ0n) is 13.4. The number of rotatable bonds is 5. The fourth-order valence-electron chi connectivity index (χ4n) is 2.69. The lowest BCUT2D eigenvalue weighted by atomic mass is 10.2. The number of hydrogen-bond acceptors (Lipinski definition) is 2. The van der Waals surface area contributed by atoms with Gasteiger partial charge in [0, 0.05) is 24.5 Å². The van der Waals surface area contributed by atoms with Crippen LogP contribution in [0.2, 0.25) is 0 Å². The van der Waals surface area contributed by atoms with Gasteiger partial charge in [0.15, 0.2) is 0 Å². The van der Waals surface area contributed by atoms with Crippen LogP contribution in [0.1, 0.15) is 23.0 Å². The first-order valence-corrected chi connectivity index (χ1v) is 7.74. The van der Waals surface area contributed by atoms with E-state index in [9.17, 15) is 4.79 Å². The van der Waals surface area contributed by atoms with Crippen LogP contribution in [0.5, 0.6) is 0 Å². The van der Waals surface area contributed by atoms with Crippen molar-refractivity contribution in [3.05, 3.63) is 71.9 Å². The minimum absolute atomic E-state index is 0.140. The molecule has 2 aromatic carbocycles. The highest BCUT2D eigenvalue weighted by atomic mass is 16.7. The van der Waals surface area contributed by atoms with Crippen molar-refractivity contribution in [2.75, 3.05) is 7.05 Å². The van der Waals surface area contributed by atoms with Gasteiger partial charge in [-0.25, -0.2) is 5.06 Å². The van der Waals surface area contributed by atoms with Gasteiger partial charge in [-0.15, -0.1) is 0 Å². The first-order chi connectivity index (χ1) is 11.2. The molecule has 0 aliphatic carbocycles. The van der Waals surface area contributed by atoms with Crippen LogP contribution in [-0.4, -0.2) is 22.6 Å². The van der Waals surface area contributed by atoms with Crippen molar-refractivity contribution >= 4 is 16.8 Å². The summed E-state index contributed by atoms with van der Waals surface area (Å²) >= 11 is 0. The predicted octanol–water partition coefficient (Wildman–Crippen LogP) is 3.87. The number of aryl methyl sites for hydroxylation is 1. The molecule has 4 heteroatoms. The second-order valence-corrected chi connectivity index (χ2v) is 5.39. The maximum absolute atomic E-state index is 12.7. The minimum atomic E-state index is -0.140. The normalized spacial score (nSPS) is 10.9. The molecule has 0 saturated heterocycles. The molecule has 0 spiro atoms. The van der Waals surface area contributed by atoms with Crippen LogP contribution >= 0.6 is 0 Å². The van der Waals surface area contributed by atoms with Crippen LogP contribution in [0.15, 0.2) is 60.7 Å². The predicted molar refractivity (Wildman–Crippen MR) is 90.9 cm³/mol. The summed E-state index contributed by atoms with van der Waals surface area (Å²) < 4.78 is 2.01. The van der Waals surface area contributed by atoms with Gasteiger partial charge in [-0.3, -0.25) is 9.63 Å². The summed E-state index contributed by atoms with van der Waals surface area (Å²) in [5, 5.41) is 2.38. The van der Waals surface area contributed by atoms with Crippen molar-refractivity contribution in [1.82, 2.24) is 9.63 Å². The molecular weight excluding hydrogens is 288 g/mol. The van der Waals surface area contributed by atoms with Gasteiger partial charge in [0.05, 0.1) is 0 Å². The highest BCUT2D eigenvalue weighted by Crippen LogP contribution is 2.21. The van der Waals surface area contributed by atoms with E-state index in [4.69, 9.17) is 4.84 Å². The van der Waals surface area contributed by atoms with E-state index in [0.717, 1.165) is 23.0 Å². The lowest BCUT2D eigenvalue weighted by molar-refractivity contribution is -0.116. The van der Waals surface area contributed by atoms with E-state index < -0.39 is 0 Å². The van der Waals surface area contributed by atoms with Gasteiger partial charge < -0.3 is 4.57 Å². The van der Waals surface area contributed by atoms with Gasteiger partial charge in [-0.1, -0.05) is 48.5 Å². The summed E-state index contributed by atoms with van der Waals surface area (Å²) in [6, 6.07) is 19.7. The molecule has 0 radical (unpaired) electrons. The molecule has 23 heavy (non-hydrogen) atoms. The largest absolute Gasteiger partial charge is 0.337 e. The minimum Gasteiger partial charge on any atom is -0.337 e. The standard InChI is InChI=1S/C19H20N2O2/c1-3-21-17-12-8-7-11-16(17)13-18(21)19(22)20(2)23-14-15-9-5-4-6-10-15/h4-13H,3,14H2,1-2H3. The molecule has 1 aromatic heterocycles. The Bertz CT molecular complexity index is 809. The summed E-state index contributed by atoms with van der Waals surface area (Å²) in [7, 11) is 1.66. The Kier molecular flexibility index (Phi) is 4.44. The highest BCUT2D eigenvalue weighted by Gasteiger charge is 2.18. The van der Waals surface area contributed by atoms with Crippen LogP contribution in [0, 0.1) is 0 Å². The van der Waals surface area contributed by atoms with E-state index in [1.165, 1.54) is 5.06 Å². The highest BCUT2D eigenvalue weighted by molar-refractivity contribution is 5.98. The Hall–Kier alpha value is -2.59. The molecule has 0 aliphatic rings. The van der Waals surface area contributed by atoms with E-state index in [-0.39, 0.29) is 5.91 Å². The van der Waals surface area contributed by atoms with Gasteiger partial charge in [-0.2, -0.15) is 0 Å². The molecule has 0 saturated carbocycles. The SMILES string of the molecule is CCn1c(C(=O)N(C)OCc2ccccc2)cc2ccccc21. The van der Waals surface area contributed by atoms with Crippen LogP contribution in [-0.2, 0) is 18.0 Å². The van der Waals surface area contributed by atoms with Crippen LogP contribution in [0.25, 0.3) is 10.9 Å². The van der Waals surface area contributed by atoms with Crippen molar-refractivity contribution in [2.24, 2.45) is 0 Å². The van der Waals surface area contributed by atoms with E-state index in [1.54, 1.807) is 7.05 Å². The molecular formula is C19H20N2O2. The maximum atomic E-state index is 12.7. The van der Waals surface area contributed by atoms with Gasteiger partial charge in [0.25, 0.3) is 5.91 Å². The number of aromatic nitrogens is 1. The van der Waals surface area contributed by atoms with Crippen LogP contribution < -0.4 is 0 Å². The number of carbonyl (C=O) groups is 1. The molecule has 3 rings (SSSR count). The Morgan fingerprint density at radius 1 is 1.09 bits per heavy atom. The molecule has 0 N–H and O–H groups in total. The molecule has 4 nitrogen and oxygen atoms in total.